The fourth-order valence-electron chi connectivity index (χ4n) is 4.23. The molecule has 0 unspecified atom stereocenters. The summed E-state index contributed by atoms with van der Waals surface area (Å²) in [5.74, 6) is -1.17. The van der Waals surface area contributed by atoms with Crippen LogP contribution in [0.5, 0.6) is 0 Å². The molecule has 2 N–H and O–H groups in total. The highest BCUT2D eigenvalue weighted by atomic mass is 16.2. The SMILES string of the molecule is O=C(NCCCN1CCCC1=O)C(=O)Nc1cc2c3c(c1)CC(=O)N3CCC2. The Morgan fingerprint density at radius 1 is 0.964 bits per heavy atom. The summed E-state index contributed by atoms with van der Waals surface area (Å²) in [4.78, 5) is 51.5. The van der Waals surface area contributed by atoms with Gasteiger partial charge < -0.3 is 20.4 Å². The Hall–Kier alpha value is -2.90. The highest BCUT2D eigenvalue weighted by molar-refractivity contribution is 6.39. The molecule has 3 heterocycles. The molecule has 28 heavy (non-hydrogen) atoms. The number of benzene rings is 1. The van der Waals surface area contributed by atoms with Crippen molar-refractivity contribution >= 4 is 35.0 Å². The van der Waals surface area contributed by atoms with Gasteiger partial charge in [0.2, 0.25) is 11.8 Å². The molecular formula is C20H24N4O4. The van der Waals surface area contributed by atoms with Crippen molar-refractivity contribution in [3.8, 4) is 0 Å². The summed E-state index contributed by atoms with van der Waals surface area (Å²) in [6, 6.07) is 3.64. The van der Waals surface area contributed by atoms with Crippen molar-refractivity contribution in [1.82, 2.24) is 10.2 Å². The number of anilines is 2. The van der Waals surface area contributed by atoms with E-state index in [1.165, 1.54) is 0 Å². The van der Waals surface area contributed by atoms with Crippen molar-refractivity contribution in [3.63, 3.8) is 0 Å². The Morgan fingerprint density at radius 2 is 1.75 bits per heavy atom. The summed E-state index contributed by atoms with van der Waals surface area (Å²) < 4.78 is 0. The van der Waals surface area contributed by atoms with Crippen LogP contribution >= 0.6 is 0 Å². The third-order valence-corrected chi connectivity index (χ3v) is 5.53. The summed E-state index contributed by atoms with van der Waals surface area (Å²) in [7, 11) is 0. The van der Waals surface area contributed by atoms with Gasteiger partial charge in [0.15, 0.2) is 0 Å². The van der Waals surface area contributed by atoms with E-state index in [2.05, 4.69) is 10.6 Å². The lowest BCUT2D eigenvalue weighted by Gasteiger charge is -2.26. The second kappa shape index (κ2) is 7.61. The first-order valence-corrected chi connectivity index (χ1v) is 9.86. The summed E-state index contributed by atoms with van der Waals surface area (Å²) >= 11 is 0. The van der Waals surface area contributed by atoms with Crippen LogP contribution < -0.4 is 15.5 Å². The molecule has 1 aromatic rings. The van der Waals surface area contributed by atoms with Crippen LogP contribution in [0.15, 0.2) is 12.1 Å². The number of amides is 4. The maximum Gasteiger partial charge on any atom is 0.313 e. The minimum atomic E-state index is -0.721. The van der Waals surface area contributed by atoms with Gasteiger partial charge in [0.1, 0.15) is 0 Å². The van der Waals surface area contributed by atoms with Crippen molar-refractivity contribution in [2.45, 2.75) is 38.5 Å². The van der Waals surface area contributed by atoms with Gasteiger partial charge in [0.25, 0.3) is 0 Å². The standard InChI is InChI=1S/C20H24N4O4/c25-16-5-2-7-23(16)8-3-6-21-19(27)20(28)22-15-10-13-4-1-9-24-17(26)12-14(11-15)18(13)24/h10-11H,1-9,12H2,(H,21,27)(H,22,28). The second-order valence-corrected chi connectivity index (χ2v) is 7.52. The molecule has 0 radical (unpaired) electrons. The van der Waals surface area contributed by atoms with Crippen LogP contribution in [0.1, 0.15) is 36.8 Å². The number of rotatable bonds is 5. The Kier molecular flexibility index (Phi) is 5.02. The number of nitrogens with zero attached hydrogens (tertiary/aromatic N) is 2. The van der Waals surface area contributed by atoms with Gasteiger partial charge in [-0.15, -0.1) is 0 Å². The van der Waals surface area contributed by atoms with E-state index in [1.807, 2.05) is 11.0 Å². The fraction of sp³-hybridized carbons (Fsp3) is 0.500. The molecule has 4 rings (SSSR count). The molecule has 1 fully saturated rings. The molecule has 1 saturated heterocycles. The minimum absolute atomic E-state index is 0.0913. The van der Waals surface area contributed by atoms with E-state index in [1.54, 1.807) is 11.0 Å². The molecule has 1 aromatic carbocycles. The molecule has 0 saturated carbocycles. The van der Waals surface area contributed by atoms with Gasteiger partial charge in [-0.05, 0) is 48.9 Å². The number of hydrogen-bond acceptors (Lipinski definition) is 4. The van der Waals surface area contributed by atoms with Crippen molar-refractivity contribution in [1.29, 1.82) is 0 Å². The van der Waals surface area contributed by atoms with Gasteiger partial charge in [-0.3, -0.25) is 19.2 Å². The lowest BCUT2D eigenvalue weighted by Crippen LogP contribution is -2.37. The third-order valence-electron chi connectivity index (χ3n) is 5.53. The average molecular weight is 384 g/mol. The zero-order valence-electron chi connectivity index (χ0n) is 15.8. The number of carbonyl (C=O) groups is 4. The van der Waals surface area contributed by atoms with Crippen molar-refractivity contribution in [2.24, 2.45) is 0 Å². The summed E-state index contributed by atoms with van der Waals surface area (Å²) in [6.45, 7) is 2.46. The van der Waals surface area contributed by atoms with Crippen LogP contribution in [0.25, 0.3) is 0 Å². The molecule has 0 spiro atoms. The first-order valence-electron chi connectivity index (χ1n) is 9.86. The second-order valence-electron chi connectivity index (χ2n) is 7.52. The lowest BCUT2D eigenvalue weighted by molar-refractivity contribution is -0.136. The van der Waals surface area contributed by atoms with Gasteiger partial charge in [0, 0.05) is 38.3 Å². The fourth-order valence-corrected chi connectivity index (χ4v) is 4.23. The molecule has 3 aliphatic rings. The van der Waals surface area contributed by atoms with Crippen LogP contribution in [0, 0.1) is 0 Å². The lowest BCUT2D eigenvalue weighted by atomic mass is 9.99. The zero-order valence-corrected chi connectivity index (χ0v) is 15.8. The highest BCUT2D eigenvalue weighted by Gasteiger charge is 2.32. The van der Waals surface area contributed by atoms with Crippen LogP contribution in [-0.4, -0.2) is 54.7 Å². The first-order chi connectivity index (χ1) is 13.5. The quantitative estimate of drug-likeness (QED) is 0.573. The molecule has 8 nitrogen and oxygen atoms in total. The Morgan fingerprint density at radius 3 is 2.54 bits per heavy atom. The molecule has 8 heteroatoms. The summed E-state index contributed by atoms with van der Waals surface area (Å²) in [6.07, 6.45) is 4.20. The highest BCUT2D eigenvalue weighted by Crippen LogP contribution is 2.38. The Bertz CT molecular complexity index is 851. The Labute approximate surface area is 163 Å². The molecule has 0 bridgehead atoms. The average Bonchev–Trinajstić information content (AvgIpc) is 3.23. The van der Waals surface area contributed by atoms with Gasteiger partial charge in [-0.1, -0.05) is 0 Å². The van der Waals surface area contributed by atoms with Gasteiger partial charge in [-0.25, -0.2) is 0 Å². The smallest absolute Gasteiger partial charge is 0.313 e. The maximum atomic E-state index is 12.2. The molecular weight excluding hydrogens is 360 g/mol. The van der Waals surface area contributed by atoms with Crippen LogP contribution in [-0.2, 0) is 32.0 Å². The van der Waals surface area contributed by atoms with Gasteiger partial charge in [0.05, 0.1) is 12.1 Å². The minimum Gasteiger partial charge on any atom is -0.348 e. The van der Waals surface area contributed by atoms with Crippen LogP contribution in [0.3, 0.4) is 0 Å². The number of nitrogens with one attached hydrogen (secondary N) is 2. The van der Waals surface area contributed by atoms with E-state index in [-0.39, 0.29) is 11.8 Å². The van der Waals surface area contributed by atoms with E-state index >= 15 is 0 Å². The van der Waals surface area contributed by atoms with E-state index in [0.717, 1.165) is 49.2 Å². The largest absolute Gasteiger partial charge is 0.348 e. The van der Waals surface area contributed by atoms with Gasteiger partial charge in [-0.2, -0.15) is 0 Å². The monoisotopic (exact) mass is 384 g/mol. The normalized spacial score (nSPS) is 17.7. The molecule has 0 atom stereocenters. The van der Waals surface area contributed by atoms with Crippen LogP contribution in [0.4, 0.5) is 11.4 Å². The Balaban J connectivity index is 1.30. The number of likely N-dealkylation sites (tertiary alicyclic amines) is 1. The number of aryl methyl sites for hydroxylation is 1. The van der Waals surface area contributed by atoms with E-state index in [4.69, 9.17) is 0 Å². The molecule has 148 valence electrons. The summed E-state index contributed by atoms with van der Waals surface area (Å²) in [5, 5.41) is 5.24. The van der Waals surface area contributed by atoms with E-state index < -0.39 is 11.8 Å². The predicted octanol–water partition coefficient (Wildman–Crippen LogP) is 0.589. The van der Waals surface area contributed by atoms with Crippen molar-refractivity contribution < 1.29 is 19.2 Å². The van der Waals surface area contributed by atoms with E-state index in [0.29, 0.717) is 38.0 Å². The number of carbonyl (C=O) groups excluding carboxylic acids is 4. The molecule has 0 aromatic heterocycles. The summed E-state index contributed by atoms with van der Waals surface area (Å²) in [5.41, 5.74) is 3.48. The number of hydrogen-bond donors (Lipinski definition) is 2. The predicted molar refractivity (Wildman–Crippen MR) is 103 cm³/mol. The van der Waals surface area contributed by atoms with E-state index in [9.17, 15) is 19.2 Å². The molecule has 0 aliphatic carbocycles. The van der Waals surface area contributed by atoms with Crippen molar-refractivity contribution in [2.75, 3.05) is 36.4 Å². The topological polar surface area (TPSA) is 98.8 Å². The van der Waals surface area contributed by atoms with Gasteiger partial charge >= 0.3 is 11.8 Å². The maximum absolute atomic E-state index is 12.2. The third kappa shape index (κ3) is 3.58. The van der Waals surface area contributed by atoms with Crippen molar-refractivity contribution in [3.05, 3.63) is 23.3 Å². The molecule has 3 aliphatic heterocycles. The zero-order chi connectivity index (χ0) is 19.7. The molecule has 4 amide bonds. The first kappa shape index (κ1) is 18.5. The van der Waals surface area contributed by atoms with Crippen LogP contribution in [0.2, 0.25) is 0 Å².